The van der Waals surface area contributed by atoms with Gasteiger partial charge < -0.3 is 10.1 Å². The molecule has 2 heterocycles. The van der Waals surface area contributed by atoms with Gasteiger partial charge in [0.05, 0.1) is 11.1 Å². The Balaban J connectivity index is 1.59. The third-order valence-electron chi connectivity index (χ3n) is 5.12. The number of nitrogens with one attached hydrogen (secondary N) is 1. The summed E-state index contributed by atoms with van der Waals surface area (Å²) in [7, 11) is 0. The Labute approximate surface area is 169 Å². The minimum atomic E-state index is -0.960. The molecule has 150 valence electrons. The van der Waals surface area contributed by atoms with Crippen LogP contribution in [0.4, 0.5) is 18.3 Å². The van der Waals surface area contributed by atoms with Crippen LogP contribution in [0.25, 0.3) is 11.3 Å². The molecule has 8 heteroatoms. The van der Waals surface area contributed by atoms with Crippen molar-refractivity contribution in [2.24, 2.45) is 0 Å². The average Bonchev–Trinajstić information content (AvgIpc) is 3.19. The molecule has 0 unspecified atom stereocenters. The van der Waals surface area contributed by atoms with Gasteiger partial charge in [0.15, 0.2) is 16.8 Å². The van der Waals surface area contributed by atoms with Crippen molar-refractivity contribution >= 4 is 22.4 Å². The molecule has 2 aromatic carbocycles. The Morgan fingerprint density at radius 2 is 1.76 bits per heavy atom. The fourth-order valence-electron chi connectivity index (χ4n) is 3.47. The number of aromatic nitrogens is 1. The van der Waals surface area contributed by atoms with E-state index in [9.17, 15) is 18.0 Å². The first-order valence-corrected chi connectivity index (χ1v) is 9.92. The van der Waals surface area contributed by atoms with Gasteiger partial charge in [-0.3, -0.25) is 4.79 Å². The lowest BCUT2D eigenvalue weighted by Crippen LogP contribution is -2.44. The molecule has 1 amide bonds. The Morgan fingerprint density at radius 1 is 1.03 bits per heavy atom. The maximum absolute atomic E-state index is 13.5. The lowest BCUT2D eigenvalue weighted by molar-refractivity contribution is -0.125. The van der Waals surface area contributed by atoms with E-state index in [0.717, 1.165) is 17.7 Å². The zero-order chi connectivity index (χ0) is 20.4. The number of hydrogen-bond donors (Lipinski definition) is 1. The fraction of sp³-hybridized carbons (Fsp3) is 0.238. The molecule has 1 fully saturated rings. The van der Waals surface area contributed by atoms with Crippen molar-refractivity contribution < 1.29 is 22.7 Å². The van der Waals surface area contributed by atoms with Crippen molar-refractivity contribution in [3.8, 4) is 11.3 Å². The van der Waals surface area contributed by atoms with Gasteiger partial charge in [-0.2, -0.15) is 0 Å². The van der Waals surface area contributed by atoms with Crippen LogP contribution < -0.4 is 5.32 Å². The second-order valence-electron chi connectivity index (χ2n) is 6.82. The Morgan fingerprint density at radius 3 is 2.45 bits per heavy atom. The molecule has 0 aliphatic carbocycles. The molecule has 0 radical (unpaired) electrons. The van der Waals surface area contributed by atoms with Gasteiger partial charge >= 0.3 is 0 Å². The summed E-state index contributed by atoms with van der Waals surface area (Å²) in [4.78, 5) is 17.5. The maximum Gasteiger partial charge on any atom is 0.236 e. The first-order valence-electron chi connectivity index (χ1n) is 9.04. The number of amides is 1. The van der Waals surface area contributed by atoms with Gasteiger partial charge in [0, 0.05) is 24.2 Å². The van der Waals surface area contributed by atoms with E-state index in [1.54, 1.807) is 17.5 Å². The summed E-state index contributed by atoms with van der Waals surface area (Å²) in [5.41, 5.74) is 0.726. The third kappa shape index (κ3) is 3.90. The van der Waals surface area contributed by atoms with E-state index in [1.807, 2.05) is 0 Å². The van der Waals surface area contributed by atoms with Crippen LogP contribution in [0.5, 0.6) is 0 Å². The summed E-state index contributed by atoms with van der Waals surface area (Å²) in [6.45, 7) is 0.839. The molecule has 4 nitrogen and oxygen atoms in total. The van der Waals surface area contributed by atoms with Gasteiger partial charge in [-0.05, 0) is 48.7 Å². The van der Waals surface area contributed by atoms with Crippen molar-refractivity contribution in [3.63, 3.8) is 0 Å². The van der Waals surface area contributed by atoms with Crippen LogP contribution in [-0.2, 0) is 14.9 Å². The summed E-state index contributed by atoms with van der Waals surface area (Å²) >= 11 is 1.19. The van der Waals surface area contributed by atoms with Gasteiger partial charge in [-0.15, -0.1) is 11.3 Å². The summed E-state index contributed by atoms with van der Waals surface area (Å²) in [6.07, 6.45) is 0.928. The quantitative estimate of drug-likeness (QED) is 0.655. The van der Waals surface area contributed by atoms with E-state index in [4.69, 9.17) is 4.74 Å². The standard InChI is InChI=1S/C21H17F3N2O2S/c22-15-4-2-14(3-5-15)21(7-9-28-10-8-21)19(27)26-20-25-18(12-29-20)13-1-6-16(23)17(24)11-13/h1-6,11-12H,7-10H2,(H,25,26,27). The minimum Gasteiger partial charge on any atom is -0.381 e. The van der Waals surface area contributed by atoms with E-state index in [0.29, 0.717) is 42.4 Å². The SMILES string of the molecule is O=C(Nc1nc(-c2ccc(F)c(F)c2)cs1)C1(c2ccc(F)cc2)CCOCC1. The van der Waals surface area contributed by atoms with Crippen LogP contribution in [0.3, 0.4) is 0 Å². The van der Waals surface area contributed by atoms with Crippen LogP contribution in [0, 0.1) is 17.5 Å². The minimum absolute atomic E-state index is 0.251. The molecule has 29 heavy (non-hydrogen) atoms. The molecule has 1 N–H and O–H groups in total. The number of anilines is 1. The van der Waals surface area contributed by atoms with Gasteiger partial charge in [0.2, 0.25) is 5.91 Å². The molecular weight excluding hydrogens is 401 g/mol. The number of carbonyl (C=O) groups excluding carboxylic acids is 1. The molecule has 0 saturated carbocycles. The van der Waals surface area contributed by atoms with Gasteiger partial charge in [-0.1, -0.05) is 12.1 Å². The lowest BCUT2D eigenvalue weighted by atomic mass is 9.73. The van der Waals surface area contributed by atoms with Crippen molar-refractivity contribution in [1.29, 1.82) is 0 Å². The molecule has 1 aliphatic heterocycles. The molecule has 0 bridgehead atoms. The molecule has 0 spiro atoms. The van der Waals surface area contributed by atoms with Crippen LogP contribution in [0.2, 0.25) is 0 Å². The van der Waals surface area contributed by atoms with Crippen LogP contribution >= 0.6 is 11.3 Å². The smallest absolute Gasteiger partial charge is 0.236 e. The summed E-state index contributed by atoms with van der Waals surface area (Å²) in [6, 6.07) is 9.44. The molecule has 4 rings (SSSR count). The largest absolute Gasteiger partial charge is 0.381 e. The normalized spacial score (nSPS) is 15.8. The molecule has 1 aliphatic rings. The number of ether oxygens (including phenoxy) is 1. The second kappa shape index (κ2) is 7.96. The third-order valence-corrected chi connectivity index (χ3v) is 5.88. The van der Waals surface area contributed by atoms with E-state index in [2.05, 4.69) is 10.3 Å². The average molecular weight is 418 g/mol. The molecular formula is C21H17F3N2O2S. The fourth-order valence-corrected chi connectivity index (χ4v) is 4.19. The molecule has 1 saturated heterocycles. The van der Waals surface area contributed by atoms with Crippen LogP contribution in [-0.4, -0.2) is 24.1 Å². The van der Waals surface area contributed by atoms with Crippen LogP contribution in [0.1, 0.15) is 18.4 Å². The second-order valence-corrected chi connectivity index (χ2v) is 7.68. The summed E-state index contributed by atoms with van der Waals surface area (Å²) in [5.74, 6) is -2.51. The summed E-state index contributed by atoms with van der Waals surface area (Å²) in [5, 5.41) is 4.85. The number of thiazole rings is 1. The van der Waals surface area contributed by atoms with Crippen molar-refractivity contribution in [1.82, 2.24) is 4.98 Å². The number of hydrogen-bond acceptors (Lipinski definition) is 4. The van der Waals surface area contributed by atoms with Crippen molar-refractivity contribution in [3.05, 3.63) is 70.9 Å². The number of nitrogens with zero attached hydrogens (tertiary/aromatic N) is 1. The highest BCUT2D eigenvalue weighted by atomic mass is 32.1. The van der Waals surface area contributed by atoms with E-state index in [1.165, 1.54) is 29.5 Å². The highest BCUT2D eigenvalue weighted by Crippen LogP contribution is 2.37. The number of benzene rings is 2. The predicted molar refractivity (Wildman–Crippen MR) is 104 cm³/mol. The zero-order valence-corrected chi connectivity index (χ0v) is 16.1. The lowest BCUT2D eigenvalue weighted by Gasteiger charge is -2.36. The van der Waals surface area contributed by atoms with Crippen LogP contribution in [0.15, 0.2) is 47.8 Å². The van der Waals surface area contributed by atoms with Gasteiger partial charge in [-0.25, -0.2) is 18.2 Å². The van der Waals surface area contributed by atoms with E-state index < -0.39 is 17.0 Å². The van der Waals surface area contributed by atoms with E-state index in [-0.39, 0.29) is 11.7 Å². The molecule has 0 atom stereocenters. The predicted octanol–water partition coefficient (Wildman–Crippen LogP) is 4.91. The first-order chi connectivity index (χ1) is 14.0. The summed E-state index contributed by atoms with van der Waals surface area (Å²) < 4.78 is 45.4. The highest BCUT2D eigenvalue weighted by molar-refractivity contribution is 7.14. The molecule has 1 aromatic heterocycles. The maximum atomic E-state index is 13.5. The number of rotatable bonds is 4. The first kappa shape index (κ1) is 19.6. The number of halogens is 3. The Bertz CT molecular complexity index is 1030. The topological polar surface area (TPSA) is 51.2 Å². The van der Waals surface area contributed by atoms with E-state index >= 15 is 0 Å². The molecule has 3 aromatic rings. The highest BCUT2D eigenvalue weighted by Gasteiger charge is 2.42. The monoisotopic (exact) mass is 418 g/mol. The van der Waals surface area contributed by atoms with Gasteiger partial charge in [0.25, 0.3) is 0 Å². The Hall–Kier alpha value is -2.71. The van der Waals surface area contributed by atoms with Crippen molar-refractivity contribution in [2.75, 3.05) is 18.5 Å². The Kier molecular flexibility index (Phi) is 5.38. The van der Waals surface area contributed by atoms with Crippen molar-refractivity contribution in [2.45, 2.75) is 18.3 Å². The van der Waals surface area contributed by atoms with Gasteiger partial charge in [0.1, 0.15) is 5.82 Å². The zero-order valence-electron chi connectivity index (χ0n) is 15.3. The number of carbonyl (C=O) groups is 1.